The highest BCUT2D eigenvalue weighted by Crippen LogP contribution is 2.44. The molecule has 0 saturated carbocycles. The maximum absolute atomic E-state index is 6.39. The molecule has 0 bridgehead atoms. The summed E-state index contributed by atoms with van der Waals surface area (Å²) in [6, 6.07) is 14.8. The molecule has 0 aliphatic carbocycles. The van der Waals surface area contributed by atoms with Gasteiger partial charge in [-0.05, 0) is 49.1 Å². The highest BCUT2D eigenvalue weighted by molar-refractivity contribution is 7.99. The van der Waals surface area contributed by atoms with E-state index in [1.54, 1.807) is 18.0 Å². The van der Waals surface area contributed by atoms with Gasteiger partial charge in [0.05, 0.1) is 16.1 Å². The lowest BCUT2D eigenvalue weighted by molar-refractivity contribution is 0.332. The number of hydrogen-bond acceptors (Lipinski definition) is 7. The van der Waals surface area contributed by atoms with Crippen LogP contribution in [-0.2, 0) is 6.42 Å². The van der Waals surface area contributed by atoms with Gasteiger partial charge < -0.3 is 15.5 Å². The number of rotatable bonds is 3. The van der Waals surface area contributed by atoms with Crippen LogP contribution >= 0.6 is 23.4 Å². The SMILES string of the molecule is CN1c2ccccc2CC12CCN(c1nc3ccc(Sc4ccnc(N)c4Cl)c4ncc1n34)CC2. The smallest absolute Gasteiger partial charge is 0.157 e. The highest BCUT2D eigenvalue weighted by Gasteiger charge is 2.44. The van der Waals surface area contributed by atoms with Gasteiger partial charge in [0.15, 0.2) is 11.5 Å². The number of imidazole rings is 2. The summed E-state index contributed by atoms with van der Waals surface area (Å²) in [5.41, 5.74) is 11.8. The average molecular weight is 502 g/mol. The number of likely N-dealkylation sites (N-methyl/N-ethyl adjacent to an activating group) is 1. The second-order valence-corrected chi connectivity index (χ2v) is 10.9. The van der Waals surface area contributed by atoms with Crippen LogP contribution in [0, 0.1) is 0 Å². The monoisotopic (exact) mass is 501 g/mol. The first-order valence-corrected chi connectivity index (χ1v) is 13.0. The van der Waals surface area contributed by atoms with Crippen molar-refractivity contribution < 1.29 is 0 Å². The van der Waals surface area contributed by atoms with Crippen LogP contribution in [-0.4, -0.2) is 45.0 Å². The number of benzene rings is 1. The van der Waals surface area contributed by atoms with Crippen LogP contribution in [0.3, 0.4) is 0 Å². The van der Waals surface area contributed by atoms with Gasteiger partial charge in [-0.15, -0.1) is 0 Å². The number of para-hydroxylation sites is 1. The number of aromatic nitrogens is 4. The van der Waals surface area contributed by atoms with Crippen molar-refractivity contribution in [2.45, 2.75) is 34.6 Å². The topological polar surface area (TPSA) is 75.6 Å². The third kappa shape index (κ3) is 3.09. The molecule has 2 aliphatic heterocycles. The van der Waals surface area contributed by atoms with E-state index in [-0.39, 0.29) is 5.54 Å². The lowest BCUT2D eigenvalue weighted by atomic mass is 9.84. The van der Waals surface area contributed by atoms with E-state index in [1.165, 1.54) is 11.3 Å². The molecule has 2 N–H and O–H groups in total. The van der Waals surface area contributed by atoms with Crippen molar-refractivity contribution in [3.05, 3.63) is 65.4 Å². The summed E-state index contributed by atoms with van der Waals surface area (Å²) < 4.78 is 2.15. The number of anilines is 3. The molecular formula is C26H24ClN7S. The van der Waals surface area contributed by atoms with Crippen LogP contribution in [0.15, 0.2) is 64.6 Å². The summed E-state index contributed by atoms with van der Waals surface area (Å²) in [6.07, 6.45) is 6.96. The number of hydrogen-bond donors (Lipinski definition) is 1. The lowest BCUT2D eigenvalue weighted by Crippen LogP contribution is -2.53. The standard InChI is InChI=1S/C26H24ClN7S/c1-32-17-5-3-2-4-16(17)14-26(32)9-12-33(13-10-26)24-18-15-30-25-20(6-7-21(31-24)34(18)25)35-19-8-11-29-23(28)22(19)27/h2-8,11,15H,9-10,12-14H2,1H3,(H2,28,29). The zero-order valence-corrected chi connectivity index (χ0v) is 20.9. The second-order valence-electron chi connectivity index (χ2n) is 9.48. The molecule has 4 aromatic heterocycles. The van der Waals surface area contributed by atoms with Crippen LogP contribution in [0.2, 0.25) is 5.02 Å². The Bertz CT molecular complexity index is 1570. The number of piperidine rings is 1. The molecule has 6 heterocycles. The first-order chi connectivity index (χ1) is 17.0. The van der Waals surface area contributed by atoms with Crippen molar-refractivity contribution in [3.63, 3.8) is 0 Å². The van der Waals surface area contributed by atoms with Crippen LogP contribution in [0.5, 0.6) is 0 Å². The Morgan fingerprint density at radius 2 is 1.86 bits per heavy atom. The fourth-order valence-corrected chi connectivity index (χ4v) is 6.94. The van der Waals surface area contributed by atoms with Gasteiger partial charge in [-0.25, -0.2) is 15.0 Å². The minimum atomic E-state index is 0.203. The Morgan fingerprint density at radius 1 is 1.03 bits per heavy atom. The van der Waals surface area contributed by atoms with Crippen molar-refractivity contribution in [1.82, 2.24) is 19.4 Å². The fraction of sp³-hybridized carbons (Fsp3) is 0.269. The third-order valence-electron chi connectivity index (χ3n) is 7.72. The zero-order valence-electron chi connectivity index (χ0n) is 19.3. The van der Waals surface area contributed by atoms with Gasteiger partial charge >= 0.3 is 0 Å². The molecule has 1 fully saturated rings. The summed E-state index contributed by atoms with van der Waals surface area (Å²) >= 11 is 7.94. The second kappa shape index (κ2) is 7.63. The van der Waals surface area contributed by atoms with Crippen molar-refractivity contribution in [2.24, 2.45) is 0 Å². The summed E-state index contributed by atoms with van der Waals surface area (Å²) in [7, 11) is 2.26. The number of nitrogens with zero attached hydrogens (tertiary/aromatic N) is 6. The van der Waals surface area contributed by atoms with Crippen LogP contribution in [0.4, 0.5) is 17.3 Å². The van der Waals surface area contributed by atoms with Gasteiger partial charge in [-0.1, -0.05) is 41.6 Å². The van der Waals surface area contributed by atoms with Crippen LogP contribution in [0.25, 0.3) is 16.8 Å². The number of pyridine rings is 2. The van der Waals surface area contributed by atoms with Gasteiger partial charge in [-0.3, -0.25) is 4.40 Å². The molecule has 176 valence electrons. The van der Waals surface area contributed by atoms with Crippen LogP contribution in [0.1, 0.15) is 18.4 Å². The molecule has 2 aliphatic rings. The molecule has 7 rings (SSSR count). The Hall–Kier alpha value is -3.23. The predicted molar refractivity (Wildman–Crippen MR) is 142 cm³/mol. The predicted octanol–water partition coefficient (Wildman–Crippen LogP) is 5.13. The molecule has 1 spiro atoms. The molecule has 1 aromatic carbocycles. The van der Waals surface area contributed by atoms with Crippen molar-refractivity contribution in [1.29, 1.82) is 0 Å². The maximum atomic E-state index is 6.39. The Balaban J connectivity index is 1.18. The molecule has 0 radical (unpaired) electrons. The molecule has 9 heteroatoms. The Labute approximate surface area is 212 Å². The molecule has 1 saturated heterocycles. The minimum Gasteiger partial charge on any atom is -0.382 e. The number of nitrogens with two attached hydrogens (primary N) is 1. The summed E-state index contributed by atoms with van der Waals surface area (Å²) in [6.45, 7) is 1.96. The largest absolute Gasteiger partial charge is 0.382 e. The van der Waals surface area contributed by atoms with Crippen molar-refractivity contribution in [3.8, 4) is 0 Å². The minimum absolute atomic E-state index is 0.203. The normalized spacial score (nSPS) is 17.2. The number of fused-ring (bicyclic) bond motifs is 1. The first-order valence-electron chi connectivity index (χ1n) is 11.8. The molecular weight excluding hydrogens is 478 g/mol. The molecule has 0 atom stereocenters. The van der Waals surface area contributed by atoms with Crippen molar-refractivity contribution >= 4 is 57.5 Å². The summed E-state index contributed by atoms with van der Waals surface area (Å²) in [4.78, 5) is 20.7. The van der Waals surface area contributed by atoms with Gasteiger partial charge in [-0.2, -0.15) is 0 Å². The van der Waals surface area contributed by atoms with Gasteiger partial charge in [0.25, 0.3) is 0 Å². The van der Waals surface area contributed by atoms with Crippen molar-refractivity contribution in [2.75, 3.05) is 35.7 Å². The van der Waals surface area contributed by atoms with Gasteiger partial charge in [0.2, 0.25) is 0 Å². The quantitative estimate of drug-likeness (QED) is 0.367. The molecule has 5 aromatic rings. The van der Waals surface area contributed by atoms with E-state index in [1.807, 2.05) is 12.3 Å². The van der Waals surface area contributed by atoms with E-state index in [4.69, 9.17) is 27.3 Å². The zero-order chi connectivity index (χ0) is 23.7. The number of nitrogen functional groups attached to an aromatic ring is 1. The van der Waals surface area contributed by atoms with E-state index in [9.17, 15) is 0 Å². The highest BCUT2D eigenvalue weighted by atomic mass is 35.5. The summed E-state index contributed by atoms with van der Waals surface area (Å²) in [5.74, 6) is 1.36. The number of halogens is 1. The van der Waals surface area contributed by atoms with E-state index in [2.05, 4.69) is 62.6 Å². The maximum Gasteiger partial charge on any atom is 0.157 e. The third-order valence-corrected chi connectivity index (χ3v) is 9.33. The van der Waals surface area contributed by atoms with Gasteiger partial charge in [0, 0.05) is 42.5 Å². The Kier molecular flexibility index (Phi) is 4.60. The first kappa shape index (κ1) is 21.1. The summed E-state index contributed by atoms with van der Waals surface area (Å²) in [5, 5.41) is 0.472. The fourth-order valence-electron chi connectivity index (χ4n) is 5.78. The lowest BCUT2D eigenvalue weighted by Gasteiger charge is -2.44. The van der Waals surface area contributed by atoms with Crippen LogP contribution < -0.4 is 15.5 Å². The van der Waals surface area contributed by atoms with E-state index >= 15 is 0 Å². The van der Waals surface area contributed by atoms with E-state index in [0.717, 1.165) is 64.8 Å². The molecule has 35 heavy (non-hydrogen) atoms. The van der Waals surface area contributed by atoms with Gasteiger partial charge in [0.1, 0.15) is 17.0 Å². The molecule has 0 amide bonds. The molecule has 0 unspecified atom stereocenters. The van der Waals surface area contributed by atoms with E-state index in [0.29, 0.717) is 10.8 Å². The average Bonchev–Trinajstić information content (AvgIpc) is 3.55. The Morgan fingerprint density at radius 3 is 2.69 bits per heavy atom. The van der Waals surface area contributed by atoms with E-state index < -0.39 is 0 Å². The molecule has 7 nitrogen and oxygen atoms in total.